The summed E-state index contributed by atoms with van der Waals surface area (Å²) in [5, 5.41) is 10.9. The third-order valence-electron chi connectivity index (χ3n) is 4.10. The fourth-order valence-electron chi connectivity index (χ4n) is 2.67. The number of hydrogen-bond acceptors (Lipinski definition) is 5. The van der Waals surface area contributed by atoms with E-state index in [0.717, 1.165) is 24.5 Å². The fourth-order valence-corrected chi connectivity index (χ4v) is 3.56. The van der Waals surface area contributed by atoms with Crippen LogP contribution in [0.15, 0.2) is 16.2 Å². The van der Waals surface area contributed by atoms with E-state index in [9.17, 15) is 9.59 Å². The van der Waals surface area contributed by atoms with Gasteiger partial charge in [-0.25, -0.2) is 4.98 Å². The van der Waals surface area contributed by atoms with E-state index in [-0.39, 0.29) is 17.4 Å². The van der Waals surface area contributed by atoms with Gasteiger partial charge in [0.05, 0.1) is 11.6 Å². The molecule has 7 heteroatoms. The minimum absolute atomic E-state index is 0.0512. The summed E-state index contributed by atoms with van der Waals surface area (Å²) in [5.74, 6) is -0.870. The number of thiazole rings is 1. The molecule has 112 valence electrons. The molecule has 1 aliphatic heterocycles. The van der Waals surface area contributed by atoms with Crippen LogP contribution in [-0.4, -0.2) is 38.4 Å². The summed E-state index contributed by atoms with van der Waals surface area (Å²) in [7, 11) is 0. The maximum Gasteiger partial charge on any atom is 0.306 e. The lowest BCUT2D eigenvalue weighted by Gasteiger charge is -2.41. The number of carbonyl (C=O) groups is 1. The highest BCUT2D eigenvalue weighted by Crippen LogP contribution is 2.25. The van der Waals surface area contributed by atoms with Crippen LogP contribution in [0.5, 0.6) is 0 Å². The summed E-state index contributed by atoms with van der Waals surface area (Å²) in [6, 6.07) is 1.57. The zero-order valence-electron chi connectivity index (χ0n) is 11.9. The molecule has 1 aliphatic rings. The number of likely N-dealkylation sites (tertiary alicyclic amines) is 1. The van der Waals surface area contributed by atoms with Gasteiger partial charge in [-0.2, -0.15) is 0 Å². The van der Waals surface area contributed by atoms with Crippen molar-refractivity contribution in [1.82, 2.24) is 14.3 Å². The SMILES string of the molecule is Cc1csc2nc(CN3CC(C(C)C(=O)O)C3)cc(=O)n12. The minimum Gasteiger partial charge on any atom is -0.481 e. The Morgan fingerprint density at radius 3 is 2.95 bits per heavy atom. The standard InChI is InChI=1S/C14H17N3O3S/c1-8-7-21-14-15-11(3-12(18)17(8)14)6-16-4-10(5-16)9(2)13(19)20/h3,7,9-10H,4-6H2,1-2H3,(H,19,20). The first-order valence-corrected chi connectivity index (χ1v) is 7.75. The van der Waals surface area contributed by atoms with Gasteiger partial charge < -0.3 is 5.11 Å². The van der Waals surface area contributed by atoms with Gasteiger partial charge in [0.25, 0.3) is 5.56 Å². The first-order chi connectivity index (χ1) is 9.95. The molecule has 0 amide bonds. The number of rotatable bonds is 4. The molecule has 1 fully saturated rings. The quantitative estimate of drug-likeness (QED) is 0.919. The van der Waals surface area contributed by atoms with Crippen molar-refractivity contribution in [2.45, 2.75) is 20.4 Å². The lowest BCUT2D eigenvalue weighted by molar-refractivity contribution is -0.145. The Hall–Kier alpha value is -1.73. The van der Waals surface area contributed by atoms with Crippen molar-refractivity contribution in [1.29, 1.82) is 0 Å². The zero-order valence-corrected chi connectivity index (χ0v) is 12.8. The van der Waals surface area contributed by atoms with E-state index in [1.165, 1.54) is 11.3 Å². The van der Waals surface area contributed by atoms with Gasteiger partial charge in [0.1, 0.15) is 0 Å². The molecule has 1 saturated heterocycles. The summed E-state index contributed by atoms with van der Waals surface area (Å²) in [5.41, 5.74) is 1.60. The maximum absolute atomic E-state index is 12.1. The highest BCUT2D eigenvalue weighted by atomic mass is 32.1. The molecular formula is C14H17N3O3S. The molecule has 0 saturated carbocycles. The number of aromatic nitrogens is 2. The molecule has 0 aromatic carbocycles. The van der Waals surface area contributed by atoms with E-state index < -0.39 is 5.97 Å². The normalized spacial score (nSPS) is 17.8. The number of carboxylic acids is 1. The van der Waals surface area contributed by atoms with Gasteiger partial charge in [-0.3, -0.25) is 18.9 Å². The molecule has 1 atom stereocenters. The van der Waals surface area contributed by atoms with E-state index >= 15 is 0 Å². The molecule has 6 nitrogen and oxygen atoms in total. The molecule has 0 spiro atoms. The number of fused-ring (bicyclic) bond motifs is 1. The molecule has 2 aromatic heterocycles. The Morgan fingerprint density at radius 2 is 2.29 bits per heavy atom. The monoisotopic (exact) mass is 307 g/mol. The van der Waals surface area contributed by atoms with E-state index in [1.54, 1.807) is 17.4 Å². The summed E-state index contributed by atoms with van der Waals surface area (Å²) in [6.45, 7) is 5.73. The number of hydrogen-bond donors (Lipinski definition) is 1. The molecular weight excluding hydrogens is 290 g/mol. The number of carboxylic acid groups (broad SMARTS) is 1. The molecule has 21 heavy (non-hydrogen) atoms. The average molecular weight is 307 g/mol. The van der Waals surface area contributed by atoms with Crippen LogP contribution in [0.25, 0.3) is 4.96 Å². The second-order valence-corrected chi connectivity index (χ2v) is 6.50. The van der Waals surface area contributed by atoms with E-state index in [0.29, 0.717) is 11.5 Å². The predicted molar refractivity (Wildman–Crippen MR) is 79.6 cm³/mol. The zero-order chi connectivity index (χ0) is 15.1. The second-order valence-electron chi connectivity index (χ2n) is 5.66. The Morgan fingerprint density at radius 1 is 1.57 bits per heavy atom. The number of aryl methyl sites for hydroxylation is 1. The van der Waals surface area contributed by atoms with Crippen molar-refractivity contribution in [2.24, 2.45) is 11.8 Å². The third-order valence-corrected chi connectivity index (χ3v) is 5.04. The summed E-state index contributed by atoms with van der Waals surface area (Å²) >= 11 is 1.46. The lowest BCUT2D eigenvalue weighted by Crippen LogP contribution is -2.50. The Kier molecular flexibility index (Phi) is 3.54. The average Bonchev–Trinajstić information content (AvgIpc) is 2.74. The van der Waals surface area contributed by atoms with Crippen LogP contribution >= 0.6 is 11.3 Å². The van der Waals surface area contributed by atoms with Crippen molar-refractivity contribution >= 4 is 22.3 Å². The van der Waals surface area contributed by atoms with Crippen molar-refractivity contribution in [3.63, 3.8) is 0 Å². The van der Waals surface area contributed by atoms with Gasteiger partial charge in [0.2, 0.25) is 0 Å². The fraction of sp³-hybridized carbons (Fsp3) is 0.500. The largest absolute Gasteiger partial charge is 0.481 e. The Balaban J connectivity index is 1.70. The molecule has 0 aliphatic carbocycles. The first kappa shape index (κ1) is 14.2. The molecule has 0 radical (unpaired) electrons. The van der Waals surface area contributed by atoms with Crippen LogP contribution in [0.1, 0.15) is 18.3 Å². The van der Waals surface area contributed by atoms with Gasteiger partial charge in [-0.15, -0.1) is 11.3 Å². The predicted octanol–water partition coefficient (Wildman–Crippen LogP) is 1.22. The number of nitrogens with zero attached hydrogens (tertiary/aromatic N) is 3. The Bertz CT molecular complexity index is 745. The topological polar surface area (TPSA) is 74.9 Å². The van der Waals surface area contributed by atoms with Gasteiger partial charge in [-0.05, 0) is 12.8 Å². The lowest BCUT2D eigenvalue weighted by atomic mass is 9.87. The van der Waals surface area contributed by atoms with Crippen LogP contribution in [0, 0.1) is 18.8 Å². The second kappa shape index (κ2) is 5.23. The highest BCUT2D eigenvalue weighted by molar-refractivity contribution is 7.15. The van der Waals surface area contributed by atoms with Crippen LogP contribution in [0.2, 0.25) is 0 Å². The van der Waals surface area contributed by atoms with Crippen LogP contribution < -0.4 is 5.56 Å². The molecule has 0 bridgehead atoms. The first-order valence-electron chi connectivity index (χ1n) is 6.87. The summed E-state index contributed by atoms with van der Waals surface area (Å²) < 4.78 is 1.61. The molecule has 3 rings (SSSR count). The van der Waals surface area contributed by atoms with E-state index in [2.05, 4.69) is 9.88 Å². The summed E-state index contributed by atoms with van der Waals surface area (Å²) in [6.07, 6.45) is 0. The van der Waals surface area contributed by atoms with Crippen LogP contribution in [0.3, 0.4) is 0 Å². The highest BCUT2D eigenvalue weighted by Gasteiger charge is 2.34. The van der Waals surface area contributed by atoms with E-state index in [4.69, 9.17) is 5.11 Å². The van der Waals surface area contributed by atoms with Crippen LogP contribution in [0.4, 0.5) is 0 Å². The van der Waals surface area contributed by atoms with Crippen molar-refractivity contribution in [2.75, 3.05) is 13.1 Å². The van der Waals surface area contributed by atoms with Gasteiger partial charge in [0.15, 0.2) is 4.96 Å². The molecule has 1 unspecified atom stereocenters. The minimum atomic E-state index is -0.744. The van der Waals surface area contributed by atoms with Gasteiger partial charge >= 0.3 is 5.97 Å². The van der Waals surface area contributed by atoms with Crippen molar-refractivity contribution in [3.05, 3.63) is 33.2 Å². The van der Waals surface area contributed by atoms with Crippen molar-refractivity contribution in [3.8, 4) is 0 Å². The van der Waals surface area contributed by atoms with Gasteiger partial charge in [0, 0.05) is 36.8 Å². The van der Waals surface area contributed by atoms with Gasteiger partial charge in [-0.1, -0.05) is 6.92 Å². The molecule has 1 N–H and O–H groups in total. The smallest absolute Gasteiger partial charge is 0.306 e. The summed E-state index contributed by atoms with van der Waals surface area (Å²) in [4.78, 5) is 30.3. The molecule has 2 aromatic rings. The number of aliphatic carboxylic acids is 1. The Labute approximate surface area is 125 Å². The third kappa shape index (κ3) is 2.58. The van der Waals surface area contributed by atoms with Crippen LogP contribution in [-0.2, 0) is 11.3 Å². The van der Waals surface area contributed by atoms with E-state index in [1.807, 2.05) is 12.3 Å². The maximum atomic E-state index is 12.1. The van der Waals surface area contributed by atoms with Crippen molar-refractivity contribution < 1.29 is 9.90 Å². The molecule has 3 heterocycles.